The summed E-state index contributed by atoms with van der Waals surface area (Å²) in [6.07, 6.45) is 0.353. The van der Waals surface area contributed by atoms with E-state index >= 15 is 0 Å². The van der Waals surface area contributed by atoms with E-state index in [1.54, 1.807) is 4.90 Å². The molecule has 5 heteroatoms. The molecule has 0 aliphatic carbocycles. The van der Waals surface area contributed by atoms with Crippen LogP contribution in [0.2, 0.25) is 0 Å². The molecule has 0 spiro atoms. The zero-order valence-corrected chi connectivity index (χ0v) is 17.4. The van der Waals surface area contributed by atoms with Gasteiger partial charge >= 0.3 is 0 Å². The van der Waals surface area contributed by atoms with Crippen LogP contribution in [0.3, 0.4) is 0 Å². The molecule has 1 saturated heterocycles. The van der Waals surface area contributed by atoms with E-state index in [-0.39, 0.29) is 11.8 Å². The Kier molecular flexibility index (Phi) is 6.75. The fraction of sp³-hybridized carbons (Fsp3) is 0.231. The maximum absolute atomic E-state index is 13.3. The standard InChI is InChI=1S/C26H26N2O3/c29-25(27-15-17-31-18-16-27)19-21-11-13-24(14-12-21)28(20-22-7-3-1-4-8-22)26(30)23-9-5-2-6-10-23/h1-14H,15-20H2. The van der Waals surface area contributed by atoms with Gasteiger partial charge in [0.2, 0.25) is 5.91 Å². The normalized spacial score (nSPS) is 13.6. The Morgan fingerprint density at radius 3 is 2.03 bits per heavy atom. The molecule has 4 rings (SSSR count). The third kappa shape index (κ3) is 5.38. The molecule has 5 nitrogen and oxygen atoms in total. The highest BCUT2D eigenvalue weighted by molar-refractivity contribution is 6.06. The molecule has 0 atom stereocenters. The van der Waals surface area contributed by atoms with E-state index < -0.39 is 0 Å². The van der Waals surface area contributed by atoms with E-state index in [0.29, 0.717) is 44.8 Å². The summed E-state index contributed by atoms with van der Waals surface area (Å²) in [5, 5.41) is 0. The van der Waals surface area contributed by atoms with Crippen molar-refractivity contribution in [3.63, 3.8) is 0 Å². The highest BCUT2D eigenvalue weighted by Gasteiger charge is 2.20. The molecule has 0 aromatic heterocycles. The summed E-state index contributed by atoms with van der Waals surface area (Å²) >= 11 is 0. The van der Waals surface area contributed by atoms with Crippen LogP contribution in [-0.4, -0.2) is 43.0 Å². The molecule has 0 unspecified atom stereocenters. The number of morpholine rings is 1. The Balaban J connectivity index is 1.53. The van der Waals surface area contributed by atoms with E-state index in [0.717, 1.165) is 16.8 Å². The topological polar surface area (TPSA) is 49.9 Å². The molecular weight excluding hydrogens is 388 g/mol. The third-order valence-electron chi connectivity index (χ3n) is 5.42. The van der Waals surface area contributed by atoms with E-state index in [1.165, 1.54) is 0 Å². The Morgan fingerprint density at radius 1 is 0.774 bits per heavy atom. The van der Waals surface area contributed by atoms with Crippen molar-refractivity contribution in [2.75, 3.05) is 31.2 Å². The maximum Gasteiger partial charge on any atom is 0.258 e. The summed E-state index contributed by atoms with van der Waals surface area (Å²) in [5.74, 6) is 0.0548. The first kappa shape index (κ1) is 20.8. The summed E-state index contributed by atoms with van der Waals surface area (Å²) in [7, 11) is 0. The number of hydrogen-bond donors (Lipinski definition) is 0. The summed E-state index contributed by atoms with van der Waals surface area (Å²) in [5.41, 5.74) is 3.44. The van der Waals surface area contributed by atoms with E-state index in [1.807, 2.05) is 89.8 Å². The smallest absolute Gasteiger partial charge is 0.258 e. The second-order valence-corrected chi connectivity index (χ2v) is 7.58. The first-order valence-electron chi connectivity index (χ1n) is 10.6. The number of rotatable bonds is 6. The Hall–Kier alpha value is -3.44. The van der Waals surface area contributed by atoms with Crippen molar-refractivity contribution < 1.29 is 14.3 Å². The van der Waals surface area contributed by atoms with Crippen molar-refractivity contribution in [3.8, 4) is 0 Å². The van der Waals surface area contributed by atoms with Crippen molar-refractivity contribution in [2.45, 2.75) is 13.0 Å². The second kappa shape index (κ2) is 10.0. The predicted octanol–water partition coefficient (Wildman–Crippen LogP) is 3.93. The summed E-state index contributed by atoms with van der Waals surface area (Å²) in [6.45, 7) is 2.96. The summed E-state index contributed by atoms with van der Waals surface area (Å²) in [4.78, 5) is 29.4. The van der Waals surface area contributed by atoms with Gasteiger partial charge in [-0.2, -0.15) is 0 Å². The van der Waals surface area contributed by atoms with Crippen LogP contribution in [0.1, 0.15) is 21.5 Å². The number of amides is 2. The lowest BCUT2D eigenvalue weighted by Crippen LogP contribution is -2.41. The van der Waals surface area contributed by atoms with Gasteiger partial charge in [-0.25, -0.2) is 0 Å². The Morgan fingerprint density at radius 2 is 1.39 bits per heavy atom. The average Bonchev–Trinajstić information content (AvgIpc) is 2.84. The molecule has 0 radical (unpaired) electrons. The number of carbonyl (C=O) groups excluding carboxylic acids is 2. The number of benzene rings is 3. The van der Waals surface area contributed by atoms with Crippen LogP contribution in [-0.2, 0) is 22.5 Å². The van der Waals surface area contributed by atoms with Gasteiger partial charge in [-0.3, -0.25) is 9.59 Å². The molecule has 0 saturated carbocycles. The van der Waals surface area contributed by atoms with Crippen LogP contribution in [0, 0.1) is 0 Å². The van der Waals surface area contributed by atoms with Crippen molar-refractivity contribution >= 4 is 17.5 Å². The minimum atomic E-state index is -0.0541. The minimum absolute atomic E-state index is 0.0541. The zero-order valence-electron chi connectivity index (χ0n) is 17.4. The Bertz CT molecular complexity index is 998. The van der Waals surface area contributed by atoms with Gasteiger partial charge in [0.1, 0.15) is 0 Å². The third-order valence-corrected chi connectivity index (χ3v) is 5.42. The SMILES string of the molecule is O=C(Cc1ccc(N(Cc2ccccc2)C(=O)c2ccccc2)cc1)N1CCOCC1. The predicted molar refractivity (Wildman–Crippen MR) is 121 cm³/mol. The second-order valence-electron chi connectivity index (χ2n) is 7.58. The number of carbonyl (C=O) groups is 2. The summed E-state index contributed by atoms with van der Waals surface area (Å²) < 4.78 is 5.32. The molecule has 1 heterocycles. The monoisotopic (exact) mass is 414 g/mol. The molecule has 3 aromatic carbocycles. The molecule has 1 aliphatic heterocycles. The van der Waals surface area contributed by atoms with Gasteiger partial charge in [0.25, 0.3) is 5.91 Å². The van der Waals surface area contributed by atoms with Gasteiger partial charge in [-0.15, -0.1) is 0 Å². The van der Waals surface area contributed by atoms with Gasteiger partial charge in [0, 0.05) is 24.3 Å². The molecule has 2 amide bonds. The molecule has 0 N–H and O–H groups in total. The zero-order chi connectivity index (χ0) is 21.5. The maximum atomic E-state index is 13.3. The van der Waals surface area contributed by atoms with Crippen LogP contribution in [0.25, 0.3) is 0 Å². The van der Waals surface area contributed by atoms with Crippen LogP contribution in [0.4, 0.5) is 5.69 Å². The van der Waals surface area contributed by atoms with Gasteiger partial charge in [-0.1, -0.05) is 60.7 Å². The first-order valence-corrected chi connectivity index (χ1v) is 10.6. The number of anilines is 1. The lowest BCUT2D eigenvalue weighted by molar-refractivity contribution is -0.134. The van der Waals surface area contributed by atoms with Gasteiger partial charge in [-0.05, 0) is 35.4 Å². The number of ether oxygens (including phenoxy) is 1. The first-order chi connectivity index (χ1) is 15.2. The van der Waals surface area contributed by atoms with Crippen molar-refractivity contribution in [3.05, 3.63) is 102 Å². The van der Waals surface area contributed by atoms with Crippen LogP contribution >= 0.6 is 0 Å². The fourth-order valence-corrected chi connectivity index (χ4v) is 3.68. The van der Waals surface area contributed by atoms with Gasteiger partial charge in [0.05, 0.1) is 26.2 Å². The molecule has 3 aromatic rings. The molecule has 0 bridgehead atoms. The van der Waals surface area contributed by atoms with E-state index in [4.69, 9.17) is 4.74 Å². The molecule has 1 aliphatic rings. The largest absolute Gasteiger partial charge is 0.378 e. The van der Waals surface area contributed by atoms with Crippen LogP contribution in [0.5, 0.6) is 0 Å². The van der Waals surface area contributed by atoms with Crippen LogP contribution < -0.4 is 4.90 Å². The number of nitrogens with zero attached hydrogens (tertiary/aromatic N) is 2. The summed E-state index contributed by atoms with van der Waals surface area (Å²) in [6, 6.07) is 27.0. The van der Waals surface area contributed by atoms with Crippen molar-refractivity contribution in [1.29, 1.82) is 0 Å². The van der Waals surface area contributed by atoms with Crippen LogP contribution in [0.15, 0.2) is 84.9 Å². The molecular formula is C26H26N2O3. The fourth-order valence-electron chi connectivity index (χ4n) is 3.68. The average molecular weight is 415 g/mol. The number of hydrogen-bond acceptors (Lipinski definition) is 3. The molecule has 1 fully saturated rings. The van der Waals surface area contributed by atoms with E-state index in [9.17, 15) is 9.59 Å². The Labute approximate surface area is 182 Å². The highest BCUT2D eigenvalue weighted by Crippen LogP contribution is 2.22. The lowest BCUT2D eigenvalue weighted by atomic mass is 10.1. The quantitative estimate of drug-likeness (QED) is 0.614. The van der Waals surface area contributed by atoms with Crippen molar-refractivity contribution in [2.24, 2.45) is 0 Å². The van der Waals surface area contributed by atoms with Gasteiger partial charge < -0.3 is 14.5 Å². The highest BCUT2D eigenvalue weighted by atomic mass is 16.5. The lowest BCUT2D eigenvalue weighted by Gasteiger charge is -2.27. The molecule has 31 heavy (non-hydrogen) atoms. The molecule has 158 valence electrons. The van der Waals surface area contributed by atoms with E-state index in [2.05, 4.69) is 0 Å². The van der Waals surface area contributed by atoms with Gasteiger partial charge in [0.15, 0.2) is 0 Å². The minimum Gasteiger partial charge on any atom is -0.378 e. The van der Waals surface area contributed by atoms with Crippen molar-refractivity contribution in [1.82, 2.24) is 4.90 Å².